The molecule has 0 unspecified atom stereocenters. The monoisotopic (exact) mass is 637 g/mol. The van der Waals surface area contributed by atoms with Gasteiger partial charge in [0.25, 0.3) is 8.32 Å². The fourth-order valence-electron chi connectivity index (χ4n) is 8.76. The summed E-state index contributed by atoms with van der Waals surface area (Å²) in [5, 5.41) is 13.4. The Morgan fingerprint density at radius 2 is 1.64 bits per heavy atom. The maximum Gasteiger partial charge on any atom is 0.261 e. The SMILES string of the molecule is C[C@H](C(=O)N1[C@@H]2C[C@H]3CC[C@]2(CS1(=O)=O)C3(C)C)[C@@H](O)CC/C=C\[C@H](C)O[Si](c1ccccc1)(c1ccccc1)C(C)(C)C. The number of aliphatic hydroxyl groups excluding tert-OH is 1. The van der Waals surface area contributed by atoms with Crippen LogP contribution >= 0.6 is 0 Å². The van der Waals surface area contributed by atoms with Gasteiger partial charge in [0.15, 0.2) is 0 Å². The Morgan fingerprint density at radius 3 is 2.16 bits per heavy atom. The molecule has 44 heavy (non-hydrogen) atoms. The van der Waals surface area contributed by atoms with Gasteiger partial charge < -0.3 is 9.53 Å². The van der Waals surface area contributed by atoms with Crippen LogP contribution in [0.15, 0.2) is 72.8 Å². The second-order valence-corrected chi connectivity index (χ2v) is 21.2. The summed E-state index contributed by atoms with van der Waals surface area (Å²) in [5.41, 5.74) is -0.458. The van der Waals surface area contributed by atoms with Crippen molar-refractivity contribution in [3.05, 3.63) is 72.8 Å². The van der Waals surface area contributed by atoms with Crippen molar-refractivity contribution in [2.45, 2.75) is 104 Å². The number of hydrogen-bond donors (Lipinski definition) is 1. The molecule has 1 N–H and O–H groups in total. The van der Waals surface area contributed by atoms with Crippen molar-refractivity contribution in [2.75, 3.05) is 5.75 Å². The first kappa shape index (κ1) is 33.1. The molecular weight excluding hydrogens is 587 g/mol. The summed E-state index contributed by atoms with van der Waals surface area (Å²) in [6.07, 6.45) is 6.51. The third kappa shape index (κ3) is 5.33. The van der Waals surface area contributed by atoms with E-state index in [1.54, 1.807) is 6.92 Å². The number of aliphatic hydroxyl groups is 1. The van der Waals surface area contributed by atoms with Crippen molar-refractivity contribution in [3.63, 3.8) is 0 Å². The van der Waals surface area contributed by atoms with E-state index in [9.17, 15) is 18.3 Å². The normalized spacial score (nSPS) is 27.8. The van der Waals surface area contributed by atoms with Crippen LogP contribution in [-0.4, -0.2) is 56.1 Å². The van der Waals surface area contributed by atoms with Gasteiger partial charge in [0, 0.05) is 5.41 Å². The highest BCUT2D eigenvalue weighted by atomic mass is 32.2. The number of amides is 1. The van der Waals surface area contributed by atoms with Crippen molar-refractivity contribution in [3.8, 4) is 0 Å². The number of allylic oxidation sites excluding steroid dienone is 1. The van der Waals surface area contributed by atoms with Gasteiger partial charge >= 0.3 is 0 Å². The van der Waals surface area contributed by atoms with E-state index >= 15 is 0 Å². The first-order valence-corrected chi connectivity index (χ1v) is 19.8. The smallest absolute Gasteiger partial charge is 0.261 e. The summed E-state index contributed by atoms with van der Waals surface area (Å²) in [7, 11) is -6.40. The van der Waals surface area contributed by atoms with E-state index in [-0.39, 0.29) is 33.8 Å². The molecule has 1 heterocycles. The van der Waals surface area contributed by atoms with Gasteiger partial charge in [0.05, 0.1) is 29.9 Å². The van der Waals surface area contributed by atoms with Gasteiger partial charge in [-0.3, -0.25) is 4.79 Å². The van der Waals surface area contributed by atoms with Gasteiger partial charge in [-0.25, -0.2) is 12.7 Å². The second kappa shape index (κ2) is 11.8. The lowest BCUT2D eigenvalue weighted by molar-refractivity contribution is -0.136. The van der Waals surface area contributed by atoms with E-state index in [1.165, 1.54) is 14.7 Å². The minimum absolute atomic E-state index is 0.0503. The summed E-state index contributed by atoms with van der Waals surface area (Å²) in [5.74, 6) is -0.748. The number of sulfonamides is 1. The Morgan fingerprint density at radius 1 is 1.07 bits per heavy atom. The zero-order chi connectivity index (χ0) is 32.1. The third-order valence-corrected chi connectivity index (χ3v) is 18.5. The Kier molecular flexibility index (Phi) is 8.90. The lowest BCUT2D eigenvalue weighted by atomic mass is 9.69. The fourth-order valence-corrected chi connectivity index (χ4v) is 16.0. The van der Waals surface area contributed by atoms with Crippen molar-refractivity contribution < 1.29 is 22.7 Å². The summed E-state index contributed by atoms with van der Waals surface area (Å²) < 4.78 is 35.0. The quantitative estimate of drug-likeness (QED) is 0.269. The van der Waals surface area contributed by atoms with Gasteiger partial charge in [-0.05, 0) is 65.8 Å². The van der Waals surface area contributed by atoms with Gasteiger partial charge in [-0.1, -0.05) is 114 Å². The fraction of sp³-hybridized carbons (Fsp3) is 0.583. The molecule has 1 aliphatic heterocycles. The summed E-state index contributed by atoms with van der Waals surface area (Å²) >= 11 is 0. The van der Waals surface area contributed by atoms with E-state index in [0.29, 0.717) is 18.8 Å². The number of nitrogens with zero attached hydrogens (tertiary/aromatic N) is 1. The Labute approximate surface area is 266 Å². The van der Waals surface area contributed by atoms with Crippen LogP contribution in [0.25, 0.3) is 0 Å². The van der Waals surface area contributed by atoms with Gasteiger partial charge in [-0.15, -0.1) is 0 Å². The molecule has 8 heteroatoms. The molecule has 2 saturated carbocycles. The van der Waals surface area contributed by atoms with E-state index in [2.05, 4.69) is 90.1 Å². The van der Waals surface area contributed by atoms with Crippen LogP contribution in [0.2, 0.25) is 5.04 Å². The molecule has 3 aliphatic rings. The largest absolute Gasteiger partial charge is 0.401 e. The number of carbonyl (C=O) groups is 1. The Balaban J connectivity index is 1.25. The van der Waals surface area contributed by atoms with Crippen molar-refractivity contribution in [1.82, 2.24) is 4.31 Å². The average molecular weight is 638 g/mol. The van der Waals surface area contributed by atoms with Crippen LogP contribution in [-0.2, 0) is 19.2 Å². The second-order valence-electron chi connectivity index (χ2n) is 15.1. The molecule has 2 bridgehead atoms. The molecule has 1 amide bonds. The molecule has 2 aliphatic carbocycles. The highest BCUT2D eigenvalue weighted by molar-refractivity contribution is 7.90. The Hall–Kier alpha value is -2.26. The van der Waals surface area contributed by atoms with Gasteiger partial charge in [-0.2, -0.15) is 0 Å². The molecular formula is C36H51NO5SSi. The molecule has 0 radical (unpaired) electrons. The number of fused-ring (bicyclic) bond motifs is 1. The molecule has 2 aromatic rings. The molecule has 240 valence electrons. The molecule has 6 atom stereocenters. The van der Waals surface area contributed by atoms with E-state index in [1.807, 2.05) is 24.3 Å². The molecule has 6 nitrogen and oxygen atoms in total. The zero-order valence-corrected chi connectivity index (χ0v) is 29.3. The molecule has 2 aromatic carbocycles. The van der Waals surface area contributed by atoms with E-state index in [4.69, 9.17) is 4.43 Å². The minimum atomic E-state index is -3.70. The van der Waals surface area contributed by atoms with Crippen LogP contribution in [0, 0.1) is 22.7 Å². The average Bonchev–Trinajstić information content (AvgIpc) is 3.46. The van der Waals surface area contributed by atoms with E-state index in [0.717, 1.165) is 19.3 Å². The maximum atomic E-state index is 13.6. The van der Waals surface area contributed by atoms with Crippen molar-refractivity contribution in [2.24, 2.45) is 22.7 Å². The lowest BCUT2D eigenvalue weighted by Gasteiger charge is -2.44. The van der Waals surface area contributed by atoms with Crippen molar-refractivity contribution in [1.29, 1.82) is 0 Å². The summed E-state index contributed by atoms with van der Waals surface area (Å²) in [6.45, 7) is 14.8. The number of hydrogen-bond acceptors (Lipinski definition) is 5. The summed E-state index contributed by atoms with van der Waals surface area (Å²) in [4.78, 5) is 13.6. The van der Waals surface area contributed by atoms with E-state index < -0.39 is 36.3 Å². The third-order valence-electron chi connectivity index (χ3n) is 11.4. The summed E-state index contributed by atoms with van der Waals surface area (Å²) in [6, 6.07) is 20.8. The predicted molar refractivity (Wildman–Crippen MR) is 180 cm³/mol. The van der Waals surface area contributed by atoms with Crippen LogP contribution < -0.4 is 10.4 Å². The number of carbonyl (C=O) groups excluding carboxylic acids is 1. The van der Waals surface area contributed by atoms with Gasteiger partial charge in [0.1, 0.15) is 0 Å². The van der Waals surface area contributed by atoms with Crippen molar-refractivity contribution >= 4 is 34.6 Å². The minimum Gasteiger partial charge on any atom is -0.401 e. The van der Waals surface area contributed by atoms with Crippen LogP contribution in [0.4, 0.5) is 0 Å². The number of rotatable bonds is 10. The predicted octanol–water partition coefficient (Wildman–Crippen LogP) is 5.65. The van der Waals surface area contributed by atoms with Crippen LogP contribution in [0.5, 0.6) is 0 Å². The standard InChI is InChI=1S/C36H51NO5SSi/c1-26(42-44(34(3,4)5,29-17-10-8-11-18-29)30-19-12-9-13-20-30)16-14-15-21-31(38)27(2)33(39)37-32-24-28-22-23-36(32,35(28,6)7)25-43(37,40)41/h8-14,16-20,26-28,31-32,38H,15,21-25H2,1-7H3/b16-14-/t26-,27-,28+,31-,32+,36+/m0/s1. The molecule has 3 fully saturated rings. The molecule has 5 rings (SSSR count). The number of benzene rings is 2. The maximum absolute atomic E-state index is 13.6. The molecule has 1 saturated heterocycles. The first-order valence-electron chi connectivity index (χ1n) is 16.3. The van der Waals surface area contributed by atoms with Crippen LogP contribution in [0.3, 0.4) is 0 Å². The molecule has 0 aromatic heterocycles. The highest BCUT2D eigenvalue weighted by Gasteiger charge is 2.72. The first-order chi connectivity index (χ1) is 20.6. The Bertz CT molecular complexity index is 1430. The van der Waals surface area contributed by atoms with Crippen LogP contribution in [0.1, 0.15) is 80.6 Å². The van der Waals surface area contributed by atoms with Gasteiger partial charge in [0.2, 0.25) is 15.9 Å². The zero-order valence-electron chi connectivity index (χ0n) is 27.5. The topological polar surface area (TPSA) is 83.9 Å². The lowest BCUT2D eigenvalue weighted by Crippen LogP contribution is -2.67. The highest BCUT2D eigenvalue weighted by Crippen LogP contribution is 2.70. The molecule has 1 spiro atoms.